The third-order valence-electron chi connectivity index (χ3n) is 8.38. The van der Waals surface area contributed by atoms with Gasteiger partial charge in [0.25, 0.3) is 0 Å². The summed E-state index contributed by atoms with van der Waals surface area (Å²) in [5, 5.41) is 7.66. The highest BCUT2D eigenvalue weighted by Crippen LogP contribution is 2.54. The van der Waals surface area contributed by atoms with Crippen molar-refractivity contribution in [1.82, 2.24) is 10.6 Å². The molecule has 0 saturated heterocycles. The first-order valence-corrected chi connectivity index (χ1v) is 13.6. The summed E-state index contributed by atoms with van der Waals surface area (Å²) in [6.45, 7) is 9.14. The highest BCUT2D eigenvalue weighted by Gasteiger charge is 2.49. The van der Waals surface area contributed by atoms with Crippen LogP contribution in [0.15, 0.2) is 60.7 Å². The van der Waals surface area contributed by atoms with E-state index in [-0.39, 0.29) is 5.41 Å². The fourth-order valence-electron chi connectivity index (χ4n) is 7.24. The van der Waals surface area contributed by atoms with Crippen molar-refractivity contribution in [2.24, 2.45) is 11.8 Å². The minimum absolute atomic E-state index is 0.119. The van der Waals surface area contributed by atoms with Crippen molar-refractivity contribution in [3.05, 3.63) is 71.8 Å². The first-order chi connectivity index (χ1) is 16.0. The van der Waals surface area contributed by atoms with Crippen molar-refractivity contribution >= 4 is 0 Å². The van der Waals surface area contributed by atoms with Crippen LogP contribution in [0.4, 0.5) is 0 Å². The van der Waals surface area contributed by atoms with Gasteiger partial charge in [-0.05, 0) is 74.3 Å². The molecular weight excluding hydrogens is 400 g/mol. The van der Waals surface area contributed by atoms with Crippen LogP contribution < -0.4 is 10.6 Å². The molecule has 0 unspecified atom stereocenters. The Labute approximate surface area is 203 Å². The largest absolute Gasteiger partial charge is 0.312 e. The standard InChI is InChI=1S/C31H46N2/c1-23(2)32-29-19-15-27(16-20-29)31(25-11-7-5-8-12-25,26-13-9-6-10-14-26)28-17-21-30(22-18-28)33-24(3)4/h5-14,23-24,27-30,32-33H,15-22H2,1-4H3. The summed E-state index contributed by atoms with van der Waals surface area (Å²) >= 11 is 0. The van der Waals surface area contributed by atoms with E-state index in [0.717, 1.165) is 0 Å². The van der Waals surface area contributed by atoms with Crippen LogP contribution in [0.2, 0.25) is 0 Å². The predicted molar refractivity (Wildman–Crippen MR) is 142 cm³/mol. The second-order valence-electron chi connectivity index (χ2n) is 11.3. The molecule has 0 radical (unpaired) electrons. The van der Waals surface area contributed by atoms with Gasteiger partial charge in [-0.25, -0.2) is 0 Å². The van der Waals surface area contributed by atoms with Gasteiger partial charge in [-0.2, -0.15) is 0 Å². The quantitative estimate of drug-likeness (QED) is 0.452. The van der Waals surface area contributed by atoms with Crippen LogP contribution in [0.1, 0.15) is 90.2 Å². The van der Waals surface area contributed by atoms with Crippen molar-refractivity contribution in [3.8, 4) is 0 Å². The van der Waals surface area contributed by atoms with E-state index < -0.39 is 0 Å². The fourth-order valence-corrected chi connectivity index (χ4v) is 7.24. The molecule has 4 rings (SSSR count). The molecule has 2 aromatic rings. The van der Waals surface area contributed by atoms with Gasteiger partial charge in [0.05, 0.1) is 0 Å². The van der Waals surface area contributed by atoms with Gasteiger partial charge in [-0.3, -0.25) is 0 Å². The average Bonchev–Trinajstić information content (AvgIpc) is 2.82. The topological polar surface area (TPSA) is 24.1 Å². The van der Waals surface area contributed by atoms with Gasteiger partial charge in [-0.1, -0.05) is 88.4 Å². The molecule has 0 aromatic heterocycles. The Morgan fingerprint density at radius 2 is 0.879 bits per heavy atom. The lowest BCUT2D eigenvalue weighted by atomic mass is 9.52. The summed E-state index contributed by atoms with van der Waals surface area (Å²) in [4.78, 5) is 0. The van der Waals surface area contributed by atoms with Crippen LogP contribution >= 0.6 is 0 Å². The average molecular weight is 447 g/mol. The third kappa shape index (κ3) is 5.54. The number of rotatable bonds is 8. The molecule has 0 aliphatic heterocycles. The number of benzene rings is 2. The number of hydrogen-bond acceptors (Lipinski definition) is 2. The molecule has 33 heavy (non-hydrogen) atoms. The van der Waals surface area contributed by atoms with Crippen molar-refractivity contribution in [3.63, 3.8) is 0 Å². The maximum absolute atomic E-state index is 3.83. The summed E-state index contributed by atoms with van der Waals surface area (Å²) in [6, 6.07) is 25.7. The fraction of sp³-hybridized carbons (Fsp3) is 0.613. The van der Waals surface area contributed by atoms with Gasteiger partial charge in [0.15, 0.2) is 0 Å². The van der Waals surface area contributed by atoms with Crippen molar-refractivity contribution in [2.45, 2.75) is 109 Å². The molecule has 2 aliphatic carbocycles. The maximum atomic E-state index is 3.83. The van der Waals surface area contributed by atoms with E-state index in [9.17, 15) is 0 Å². The zero-order chi connectivity index (χ0) is 23.3. The Hall–Kier alpha value is -1.64. The number of nitrogens with one attached hydrogen (secondary N) is 2. The summed E-state index contributed by atoms with van der Waals surface area (Å²) in [5.74, 6) is 1.40. The zero-order valence-electron chi connectivity index (χ0n) is 21.4. The van der Waals surface area contributed by atoms with E-state index in [0.29, 0.717) is 36.0 Å². The maximum Gasteiger partial charge on any atom is 0.0259 e. The van der Waals surface area contributed by atoms with Gasteiger partial charge < -0.3 is 10.6 Å². The van der Waals surface area contributed by atoms with Crippen molar-refractivity contribution in [1.29, 1.82) is 0 Å². The molecule has 0 heterocycles. The van der Waals surface area contributed by atoms with Gasteiger partial charge in [-0.15, -0.1) is 0 Å². The van der Waals surface area contributed by atoms with Crippen LogP contribution in [0.25, 0.3) is 0 Å². The molecule has 180 valence electrons. The second kappa shape index (κ2) is 11.2. The molecule has 2 nitrogen and oxygen atoms in total. The first-order valence-electron chi connectivity index (χ1n) is 13.6. The van der Waals surface area contributed by atoms with Gasteiger partial charge >= 0.3 is 0 Å². The molecule has 0 bridgehead atoms. The molecule has 2 saturated carbocycles. The normalized spacial score (nSPS) is 26.6. The monoisotopic (exact) mass is 446 g/mol. The summed E-state index contributed by atoms with van der Waals surface area (Å²) < 4.78 is 0. The predicted octanol–water partition coefficient (Wildman–Crippen LogP) is 7.09. The minimum Gasteiger partial charge on any atom is -0.312 e. The molecule has 0 spiro atoms. The molecule has 0 amide bonds. The van der Waals surface area contributed by atoms with E-state index in [2.05, 4.69) is 99.0 Å². The SMILES string of the molecule is CC(C)NC1CCC(C(c2ccccc2)(c2ccccc2)C2CCC(NC(C)C)CC2)CC1. The minimum atomic E-state index is 0.119. The van der Waals surface area contributed by atoms with Crippen LogP contribution in [-0.2, 0) is 5.41 Å². The second-order valence-corrected chi connectivity index (χ2v) is 11.3. The molecule has 2 N–H and O–H groups in total. The van der Waals surface area contributed by atoms with E-state index in [1.165, 1.54) is 51.4 Å². The number of hydrogen-bond donors (Lipinski definition) is 2. The summed E-state index contributed by atoms with van der Waals surface area (Å²) in [7, 11) is 0. The lowest BCUT2D eigenvalue weighted by Gasteiger charge is -2.52. The zero-order valence-corrected chi connectivity index (χ0v) is 21.4. The Morgan fingerprint density at radius 3 is 1.18 bits per heavy atom. The molecular formula is C31H46N2. The highest BCUT2D eigenvalue weighted by atomic mass is 14.9. The van der Waals surface area contributed by atoms with E-state index >= 15 is 0 Å². The summed E-state index contributed by atoms with van der Waals surface area (Å²) in [5.41, 5.74) is 3.22. The van der Waals surface area contributed by atoms with Crippen molar-refractivity contribution in [2.75, 3.05) is 0 Å². The van der Waals surface area contributed by atoms with E-state index in [4.69, 9.17) is 0 Å². The van der Waals surface area contributed by atoms with Gasteiger partial charge in [0, 0.05) is 29.6 Å². The van der Waals surface area contributed by atoms with Crippen LogP contribution in [-0.4, -0.2) is 24.2 Å². The van der Waals surface area contributed by atoms with Gasteiger partial charge in [0.2, 0.25) is 0 Å². The van der Waals surface area contributed by atoms with Crippen LogP contribution in [0.5, 0.6) is 0 Å². The smallest absolute Gasteiger partial charge is 0.0259 e. The van der Waals surface area contributed by atoms with Gasteiger partial charge in [0.1, 0.15) is 0 Å². The van der Waals surface area contributed by atoms with E-state index in [1.807, 2.05) is 0 Å². The molecule has 2 aromatic carbocycles. The van der Waals surface area contributed by atoms with Crippen LogP contribution in [0.3, 0.4) is 0 Å². The Bertz CT molecular complexity index is 741. The molecule has 2 heteroatoms. The summed E-state index contributed by atoms with van der Waals surface area (Å²) in [6.07, 6.45) is 10.5. The lowest BCUT2D eigenvalue weighted by molar-refractivity contribution is 0.112. The highest BCUT2D eigenvalue weighted by molar-refractivity contribution is 5.42. The lowest BCUT2D eigenvalue weighted by Crippen LogP contribution is -2.49. The molecule has 2 fully saturated rings. The van der Waals surface area contributed by atoms with E-state index in [1.54, 1.807) is 11.1 Å². The molecule has 2 aliphatic rings. The molecule has 0 atom stereocenters. The van der Waals surface area contributed by atoms with Crippen LogP contribution in [0, 0.1) is 11.8 Å². The Kier molecular flexibility index (Phi) is 8.30. The Balaban J connectivity index is 1.70. The van der Waals surface area contributed by atoms with Crippen molar-refractivity contribution < 1.29 is 0 Å². The third-order valence-corrected chi connectivity index (χ3v) is 8.38. The Morgan fingerprint density at radius 1 is 0.545 bits per heavy atom. The first kappa shape index (κ1) is 24.5.